The predicted octanol–water partition coefficient (Wildman–Crippen LogP) is 2.05. The van der Waals surface area contributed by atoms with Crippen LogP contribution in [0.4, 0.5) is 0 Å². The van der Waals surface area contributed by atoms with E-state index in [0.717, 1.165) is 32.2 Å². The lowest BCUT2D eigenvalue weighted by Gasteiger charge is -2.27. The van der Waals surface area contributed by atoms with Gasteiger partial charge in [-0.05, 0) is 24.3 Å². The number of hydrogen-bond donors (Lipinski definition) is 0. The highest BCUT2D eigenvalue weighted by atomic mass is 16.5. The smallest absolute Gasteiger partial charge is 0.0534 e. The molecular formula is C11H20N4O. The molecule has 1 aliphatic heterocycles. The van der Waals surface area contributed by atoms with Crippen molar-refractivity contribution in [3.8, 4) is 0 Å². The first-order valence-electron chi connectivity index (χ1n) is 6.03. The van der Waals surface area contributed by atoms with E-state index in [-0.39, 0.29) is 0 Å². The quantitative estimate of drug-likeness (QED) is 0.407. The predicted molar refractivity (Wildman–Crippen MR) is 62.1 cm³/mol. The fraction of sp³-hybridized carbons (Fsp3) is 1.00. The van der Waals surface area contributed by atoms with Crippen molar-refractivity contribution in [3.05, 3.63) is 10.4 Å². The average molecular weight is 224 g/mol. The Labute approximate surface area is 96.4 Å². The molecule has 0 aromatic rings. The van der Waals surface area contributed by atoms with E-state index in [1.807, 2.05) is 0 Å². The maximum Gasteiger partial charge on any atom is 0.0534 e. The molecule has 1 saturated carbocycles. The number of likely N-dealkylation sites (tertiary alicyclic amines) is 1. The molecule has 0 N–H and O–H groups in total. The monoisotopic (exact) mass is 224 g/mol. The highest BCUT2D eigenvalue weighted by Gasteiger charge is 2.48. The topological polar surface area (TPSA) is 61.2 Å². The molecule has 0 amide bonds. The van der Waals surface area contributed by atoms with Gasteiger partial charge < -0.3 is 9.64 Å². The van der Waals surface area contributed by atoms with E-state index in [1.165, 1.54) is 19.3 Å². The number of ether oxygens (including phenoxy) is 1. The van der Waals surface area contributed by atoms with Gasteiger partial charge in [0, 0.05) is 43.6 Å². The summed E-state index contributed by atoms with van der Waals surface area (Å²) in [4.78, 5) is 5.22. The van der Waals surface area contributed by atoms with Crippen LogP contribution in [0.25, 0.3) is 10.4 Å². The first-order valence-corrected chi connectivity index (χ1v) is 6.03. The minimum absolute atomic E-state index is 0.394. The van der Waals surface area contributed by atoms with Crippen LogP contribution in [0.1, 0.15) is 19.3 Å². The molecule has 2 fully saturated rings. The van der Waals surface area contributed by atoms with E-state index in [9.17, 15) is 0 Å². The zero-order valence-corrected chi connectivity index (χ0v) is 9.93. The molecular weight excluding hydrogens is 204 g/mol. The standard InChI is InChI=1S/C11H20N4O/c1-16-9-11-4-2-3-10(11)7-15(8-11)6-5-13-14-12/h10H,2-9H2,1H3/t10-,11+/m1/s1. The summed E-state index contributed by atoms with van der Waals surface area (Å²) < 4.78 is 5.40. The second-order valence-electron chi connectivity index (χ2n) is 5.07. The van der Waals surface area contributed by atoms with Crippen molar-refractivity contribution < 1.29 is 4.74 Å². The molecule has 16 heavy (non-hydrogen) atoms. The maximum absolute atomic E-state index is 8.26. The molecule has 0 bridgehead atoms. The molecule has 5 nitrogen and oxygen atoms in total. The molecule has 1 heterocycles. The largest absolute Gasteiger partial charge is 0.384 e. The van der Waals surface area contributed by atoms with Gasteiger partial charge in [0.25, 0.3) is 0 Å². The summed E-state index contributed by atoms with van der Waals surface area (Å²) >= 11 is 0. The fourth-order valence-electron chi connectivity index (χ4n) is 3.45. The van der Waals surface area contributed by atoms with Crippen molar-refractivity contribution in [1.29, 1.82) is 0 Å². The Hall–Kier alpha value is -0.770. The molecule has 2 atom stereocenters. The van der Waals surface area contributed by atoms with Gasteiger partial charge >= 0.3 is 0 Å². The molecule has 5 heteroatoms. The zero-order valence-electron chi connectivity index (χ0n) is 9.93. The number of nitrogens with zero attached hydrogens (tertiary/aromatic N) is 4. The fourth-order valence-corrected chi connectivity index (χ4v) is 3.45. The van der Waals surface area contributed by atoms with Crippen molar-refractivity contribution in [2.75, 3.05) is 39.9 Å². The highest BCUT2D eigenvalue weighted by Crippen LogP contribution is 2.48. The van der Waals surface area contributed by atoms with Crippen LogP contribution >= 0.6 is 0 Å². The van der Waals surface area contributed by atoms with E-state index in [2.05, 4.69) is 14.9 Å². The highest BCUT2D eigenvalue weighted by molar-refractivity contribution is 5.00. The third-order valence-electron chi connectivity index (χ3n) is 4.12. The van der Waals surface area contributed by atoms with Gasteiger partial charge in [-0.3, -0.25) is 0 Å². The van der Waals surface area contributed by atoms with Crippen molar-refractivity contribution in [2.45, 2.75) is 19.3 Å². The van der Waals surface area contributed by atoms with Crippen LogP contribution in [-0.4, -0.2) is 44.8 Å². The molecule has 1 aliphatic carbocycles. The van der Waals surface area contributed by atoms with E-state index in [1.54, 1.807) is 7.11 Å². The van der Waals surface area contributed by atoms with Crippen LogP contribution < -0.4 is 0 Å². The minimum Gasteiger partial charge on any atom is -0.384 e. The SMILES string of the molecule is COC[C@@]12CCC[C@@H]1CN(CCN=[N+]=[N-])C2. The number of methoxy groups -OCH3 is 1. The Morgan fingerprint density at radius 3 is 3.25 bits per heavy atom. The molecule has 0 aromatic carbocycles. The van der Waals surface area contributed by atoms with Crippen LogP contribution in [-0.2, 0) is 4.74 Å². The lowest BCUT2D eigenvalue weighted by atomic mass is 9.82. The lowest BCUT2D eigenvalue weighted by Crippen LogP contribution is -2.32. The molecule has 1 saturated heterocycles. The van der Waals surface area contributed by atoms with E-state index in [0.29, 0.717) is 12.0 Å². The molecule has 0 spiro atoms. The third-order valence-corrected chi connectivity index (χ3v) is 4.12. The number of rotatable bonds is 5. The second kappa shape index (κ2) is 5.04. The molecule has 0 radical (unpaired) electrons. The normalized spacial score (nSPS) is 33.7. The maximum atomic E-state index is 8.26. The van der Waals surface area contributed by atoms with Crippen molar-refractivity contribution in [1.82, 2.24) is 4.90 Å². The van der Waals surface area contributed by atoms with Crippen LogP contribution in [0.2, 0.25) is 0 Å². The Morgan fingerprint density at radius 1 is 1.62 bits per heavy atom. The van der Waals surface area contributed by atoms with Gasteiger partial charge in [-0.25, -0.2) is 0 Å². The third kappa shape index (κ3) is 2.17. The summed E-state index contributed by atoms with van der Waals surface area (Å²) in [5.41, 5.74) is 8.65. The van der Waals surface area contributed by atoms with Gasteiger partial charge in [-0.15, -0.1) is 0 Å². The summed E-state index contributed by atoms with van der Waals surface area (Å²) in [5.74, 6) is 0.790. The van der Waals surface area contributed by atoms with E-state index in [4.69, 9.17) is 10.3 Å². The minimum atomic E-state index is 0.394. The summed E-state index contributed by atoms with van der Waals surface area (Å²) in [6.45, 7) is 4.64. The second-order valence-corrected chi connectivity index (χ2v) is 5.07. The van der Waals surface area contributed by atoms with Gasteiger partial charge in [-0.2, -0.15) is 0 Å². The summed E-state index contributed by atoms with van der Waals surface area (Å²) in [6.07, 6.45) is 3.98. The van der Waals surface area contributed by atoms with Gasteiger partial charge in [-0.1, -0.05) is 11.5 Å². The van der Waals surface area contributed by atoms with Crippen molar-refractivity contribution in [3.63, 3.8) is 0 Å². The zero-order chi connectivity index (χ0) is 11.4. The summed E-state index contributed by atoms with van der Waals surface area (Å²) in [6, 6.07) is 0. The average Bonchev–Trinajstić information content (AvgIpc) is 2.75. The molecule has 0 aromatic heterocycles. The number of azide groups is 1. The van der Waals surface area contributed by atoms with Gasteiger partial charge in [0.1, 0.15) is 0 Å². The van der Waals surface area contributed by atoms with Crippen LogP contribution in [0.5, 0.6) is 0 Å². The Balaban J connectivity index is 1.91. The first kappa shape index (κ1) is 11.7. The van der Waals surface area contributed by atoms with Gasteiger partial charge in [0.2, 0.25) is 0 Å². The number of fused-ring (bicyclic) bond motifs is 1. The van der Waals surface area contributed by atoms with Gasteiger partial charge in [0.15, 0.2) is 0 Å². The van der Waals surface area contributed by atoms with Gasteiger partial charge in [0.05, 0.1) is 6.61 Å². The lowest BCUT2D eigenvalue weighted by molar-refractivity contribution is 0.0706. The molecule has 2 rings (SSSR count). The Bertz CT molecular complexity index is 290. The van der Waals surface area contributed by atoms with E-state index < -0.39 is 0 Å². The van der Waals surface area contributed by atoms with Crippen molar-refractivity contribution >= 4 is 0 Å². The van der Waals surface area contributed by atoms with Crippen LogP contribution in [0.3, 0.4) is 0 Å². The Kier molecular flexibility index (Phi) is 3.69. The number of hydrogen-bond acceptors (Lipinski definition) is 3. The van der Waals surface area contributed by atoms with Crippen molar-refractivity contribution in [2.24, 2.45) is 16.4 Å². The summed E-state index contributed by atoms with van der Waals surface area (Å²) in [7, 11) is 1.80. The van der Waals surface area contributed by atoms with Crippen LogP contribution in [0.15, 0.2) is 5.11 Å². The van der Waals surface area contributed by atoms with E-state index >= 15 is 0 Å². The Morgan fingerprint density at radius 2 is 2.50 bits per heavy atom. The molecule has 2 aliphatic rings. The molecule has 90 valence electrons. The van der Waals surface area contributed by atoms with Crippen LogP contribution in [0, 0.1) is 11.3 Å². The molecule has 0 unspecified atom stereocenters. The summed E-state index contributed by atoms with van der Waals surface area (Å²) in [5, 5.41) is 3.61. The first-order chi connectivity index (χ1) is 7.80.